The Morgan fingerprint density at radius 2 is 1.62 bits per heavy atom. The molecule has 1 saturated heterocycles. The third kappa shape index (κ3) is 2.82. The summed E-state index contributed by atoms with van der Waals surface area (Å²) < 4.78 is 0. The lowest BCUT2D eigenvalue weighted by molar-refractivity contribution is 0.364. The van der Waals surface area contributed by atoms with Gasteiger partial charge in [0, 0.05) is 34.4 Å². The lowest BCUT2D eigenvalue weighted by atomic mass is 9.91. The highest BCUT2D eigenvalue weighted by Gasteiger charge is 2.26. The first kappa shape index (κ1) is 12.0. The van der Waals surface area contributed by atoms with Crippen LogP contribution in [0.5, 0.6) is 0 Å². The van der Waals surface area contributed by atoms with E-state index in [-0.39, 0.29) is 5.54 Å². The van der Waals surface area contributed by atoms with Gasteiger partial charge in [0.1, 0.15) is 0 Å². The molecule has 88 valence electrons. The van der Waals surface area contributed by atoms with Gasteiger partial charge < -0.3 is 10.6 Å². The topological polar surface area (TPSA) is 29.3 Å². The number of nitrogens with two attached hydrogens (primary N) is 1. The van der Waals surface area contributed by atoms with Crippen molar-refractivity contribution in [1.82, 2.24) is 0 Å². The molecule has 0 atom stereocenters. The van der Waals surface area contributed by atoms with Crippen LogP contribution in [0.15, 0.2) is 18.2 Å². The van der Waals surface area contributed by atoms with Crippen molar-refractivity contribution in [3.05, 3.63) is 28.2 Å². The van der Waals surface area contributed by atoms with E-state index in [4.69, 9.17) is 28.9 Å². The summed E-state index contributed by atoms with van der Waals surface area (Å²) in [6, 6.07) is 5.66. The molecule has 4 heteroatoms. The van der Waals surface area contributed by atoms with Gasteiger partial charge in [0.2, 0.25) is 0 Å². The highest BCUT2D eigenvalue weighted by molar-refractivity contribution is 6.35. The molecule has 0 spiro atoms. The van der Waals surface area contributed by atoms with Crippen molar-refractivity contribution in [3.63, 3.8) is 0 Å². The van der Waals surface area contributed by atoms with Crippen LogP contribution in [0.1, 0.15) is 19.8 Å². The van der Waals surface area contributed by atoms with Gasteiger partial charge in [0.05, 0.1) is 0 Å². The van der Waals surface area contributed by atoms with Crippen molar-refractivity contribution in [2.75, 3.05) is 18.0 Å². The average molecular weight is 259 g/mol. The standard InChI is InChI=1S/C12H16Cl2N2/c1-12(15)2-4-16(5-3-12)11-7-9(13)6-10(14)8-11/h6-8H,2-5,15H2,1H3. The smallest absolute Gasteiger partial charge is 0.0441 e. The molecule has 0 amide bonds. The van der Waals surface area contributed by atoms with E-state index in [9.17, 15) is 0 Å². The minimum atomic E-state index is -0.0289. The summed E-state index contributed by atoms with van der Waals surface area (Å²) in [6.07, 6.45) is 1.99. The summed E-state index contributed by atoms with van der Waals surface area (Å²) in [5, 5.41) is 1.37. The van der Waals surface area contributed by atoms with Crippen molar-refractivity contribution < 1.29 is 0 Å². The normalized spacial score (nSPS) is 19.9. The highest BCUT2D eigenvalue weighted by atomic mass is 35.5. The first-order valence-corrected chi connectivity index (χ1v) is 6.22. The second-order valence-corrected chi connectivity index (χ2v) is 5.64. The SMILES string of the molecule is CC1(N)CCN(c2cc(Cl)cc(Cl)c2)CC1. The van der Waals surface area contributed by atoms with Crippen LogP contribution < -0.4 is 10.6 Å². The van der Waals surface area contributed by atoms with E-state index in [2.05, 4.69) is 11.8 Å². The van der Waals surface area contributed by atoms with E-state index in [0.29, 0.717) is 10.0 Å². The molecule has 2 nitrogen and oxygen atoms in total. The molecule has 1 aliphatic heterocycles. The average Bonchev–Trinajstić information content (AvgIpc) is 2.15. The lowest BCUT2D eigenvalue weighted by Gasteiger charge is -2.38. The Balaban J connectivity index is 2.14. The van der Waals surface area contributed by atoms with E-state index in [1.165, 1.54) is 0 Å². The predicted octanol–water partition coefficient (Wildman–Crippen LogP) is 3.31. The van der Waals surface area contributed by atoms with Gasteiger partial charge in [-0.25, -0.2) is 0 Å². The first-order valence-electron chi connectivity index (χ1n) is 5.46. The first-order chi connectivity index (χ1) is 7.46. The Labute approximate surface area is 106 Å². The van der Waals surface area contributed by atoms with Gasteiger partial charge in [-0.3, -0.25) is 0 Å². The molecule has 1 aliphatic rings. The van der Waals surface area contributed by atoms with Crippen LogP contribution >= 0.6 is 23.2 Å². The van der Waals surface area contributed by atoms with Crippen molar-refractivity contribution in [2.24, 2.45) is 5.73 Å². The van der Waals surface area contributed by atoms with Crippen LogP contribution in [-0.2, 0) is 0 Å². The zero-order valence-corrected chi connectivity index (χ0v) is 10.9. The van der Waals surface area contributed by atoms with E-state index in [1.807, 2.05) is 12.1 Å². The fourth-order valence-corrected chi connectivity index (χ4v) is 2.51. The molecule has 16 heavy (non-hydrogen) atoms. The fourth-order valence-electron chi connectivity index (χ4n) is 2.00. The van der Waals surface area contributed by atoms with Gasteiger partial charge in [0.15, 0.2) is 0 Å². The zero-order valence-electron chi connectivity index (χ0n) is 9.34. The van der Waals surface area contributed by atoms with Crippen LogP contribution in [-0.4, -0.2) is 18.6 Å². The van der Waals surface area contributed by atoms with Gasteiger partial charge >= 0.3 is 0 Å². The highest BCUT2D eigenvalue weighted by Crippen LogP contribution is 2.29. The molecule has 0 aromatic heterocycles. The number of anilines is 1. The van der Waals surface area contributed by atoms with Crippen molar-refractivity contribution in [2.45, 2.75) is 25.3 Å². The van der Waals surface area contributed by atoms with E-state index in [0.717, 1.165) is 31.6 Å². The third-order valence-corrected chi connectivity index (χ3v) is 3.55. The Morgan fingerprint density at radius 1 is 1.12 bits per heavy atom. The Bertz CT molecular complexity index is 360. The minimum absolute atomic E-state index is 0.0289. The summed E-state index contributed by atoms with van der Waals surface area (Å²) in [5.74, 6) is 0. The molecule has 0 radical (unpaired) electrons. The van der Waals surface area contributed by atoms with Crippen LogP contribution in [0.4, 0.5) is 5.69 Å². The molecule has 0 aliphatic carbocycles. The predicted molar refractivity (Wildman–Crippen MR) is 70.5 cm³/mol. The molecular formula is C12H16Cl2N2. The number of hydrogen-bond acceptors (Lipinski definition) is 2. The number of hydrogen-bond donors (Lipinski definition) is 1. The Morgan fingerprint density at radius 3 is 2.12 bits per heavy atom. The van der Waals surface area contributed by atoms with Crippen molar-refractivity contribution in [3.8, 4) is 0 Å². The Hall–Kier alpha value is -0.440. The van der Waals surface area contributed by atoms with Gasteiger partial charge in [-0.2, -0.15) is 0 Å². The van der Waals surface area contributed by atoms with Crippen molar-refractivity contribution in [1.29, 1.82) is 0 Å². The largest absolute Gasteiger partial charge is 0.371 e. The van der Waals surface area contributed by atoms with E-state index >= 15 is 0 Å². The summed E-state index contributed by atoms with van der Waals surface area (Å²) >= 11 is 12.0. The number of rotatable bonds is 1. The molecule has 1 heterocycles. The summed E-state index contributed by atoms with van der Waals surface area (Å²) in [7, 11) is 0. The molecule has 0 saturated carbocycles. The molecule has 1 fully saturated rings. The maximum Gasteiger partial charge on any atom is 0.0441 e. The van der Waals surface area contributed by atoms with Gasteiger partial charge in [-0.15, -0.1) is 0 Å². The molecule has 1 aromatic carbocycles. The minimum Gasteiger partial charge on any atom is -0.371 e. The molecule has 0 unspecified atom stereocenters. The van der Waals surface area contributed by atoms with Crippen molar-refractivity contribution >= 4 is 28.9 Å². The van der Waals surface area contributed by atoms with Gasteiger partial charge in [-0.1, -0.05) is 23.2 Å². The van der Waals surface area contributed by atoms with Crippen LogP contribution in [0, 0.1) is 0 Å². The quantitative estimate of drug-likeness (QED) is 0.838. The Kier molecular flexibility index (Phi) is 3.34. The van der Waals surface area contributed by atoms with Crippen LogP contribution in [0.2, 0.25) is 10.0 Å². The summed E-state index contributed by atoms with van der Waals surface area (Å²) in [5.41, 5.74) is 7.16. The monoisotopic (exact) mass is 258 g/mol. The molecule has 0 bridgehead atoms. The summed E-state index contributed by atoms with van der Waals surface area (Å²) in [4.78, 5) is 2.28. The molecule has 2 rings (SSSR count). The molecule has 2 N–H and O–H groups in total. The van der Waals surface area contributed by atoms with Gasteiger partial charge in [-0.05, 0) is 38.0 Å². The maximum absolute atomic E-state index is 6.10. The van der Waals surface area contributed by atoms with E-state index < -0.39 is 0 Å². The van der Waals surface area contributed by atoms with Crippen LogP contribution in [0.3, 0.4) is 0 Å². The third-order valence-electron chi connectivity index (χ3n) is 3.12. The second kappa shape index (κ2) is 4.44. The lowest BCUT2D eigenvalue weighted by Crippen LogP contribution is -2.48. The molecule has 1 aromatic rings. The number of nitrogens with zero attached hydrogens (tertiary/aromatic N) is 1. The second-order valence-electron chi connectivity index (χ2n) is 4.77. The fraction of sp³-hybridized carbons (Fsp3) is 0.500. The summed E-state index contributed by atoms with van der Waals surface area (Å²) in [6.45, 7) is 4.03. The zero-order chi connectivity index (χ0) is 11.8. The number of halogens is 2. The van der Waals surface area contributed by atoms with Crippen LogP contribution in [0.25, 0.3) is 0 Å². The van der Waals surface area contributed by atoms with Gasteiger partial charge in [0.25, 0.3) is 0 Å². The molecular weight excluding hydrogens is 243 g/mol. The number of piperidine rings is 1. The number of benzene rings is 1. The maximum atomic E-state index is 6.10. The van der Waals surface area contributed by atoms with E-state index in [1.54, 1.807) is 6.07 Å².